The van der Waals surface area contributed by atoms with Crippen LogP contribution in [0.3, 0.4) is 0 Å². The lowest BCUT2D eigenvalue weighted by molar-refractivity contribution is 0.146. The molecular weight excluding hydrogens is 477 g/mol. The summed E-state index contributed by atoms with van der Waals surface area (Å²) >= 11 is 5.92. The molecule has 0 fully saturated rings. The molecule has 0 saturated heterocycles. The van der Waals surface area contributed by atoms with Gasteiger partial charge in [-0.2, -0.15) is 0 Å². The van der Waals surface area contributed by atoms with E-state index in [2.05, 4.69) is 15.6 Å². The fourth-order valence-corrected chi connectivity index (χ4v) is 2.40. The Labute approximate surface area is 183 Å². The van der Waals surface area contributed by atoms with Crippen LogP contribution in [0.15, 0.2) is 53.5 Å². The van der Waals surface area contributed by atoms with Gasteiger partial charge in [0.2, 0.25) is 0 Å². The summed E-state index contributed by atoms with van der Waals surface area (Å²) in [7, 11) is 1.66. The van der Waals surface area contributed by atoms with Crippen LogP contribution in [0.5, 0.6) is 5.75 Å². The van der Waals surface area contributed by atoms with Crippen LogP contribution < -0.4 is 15.4 Å². The van der Waals surface area contributed by atoms with Crippen molar-refractivity contribution in [2.45, 2.75) is 20.0 Å². The maximum absolute atomic E-state index is 5.92. The summed E-state index contributed by atoms with van der Waals surface area (Å²) in [6, 6.07) is 15.7. The molecule has 0 bridgehead atoms. The van der Waals surface area contributed by atoms with Gasteiger partial charge in [-0.1, -0.05) is 35.9 Å². The highest BCUT2D eigenvalue weighted by Crippen LogP contribution is 2.14. The van der Waals surface area contributed by atoms with Gasteiger partial charge >= 0.3 is 0 Å². The van der Waals surface area contributed by atoms with E-state index in [-0.39, 0.29) is 24.0 Å². The maximum atomic E-state index is 5.92. The largest absolute Gasteiger partial charge is 0.491 e. The van der Waals surface area contributed by atoms with Gasteiger partial charge < -0.3 is 20.1 Å². The Hall–Kier alpha value is -1.51. The van der Waals surface area contributed by atoms with Gasteiger partial charge in [0.1, 0.15) is 12.4 Å². The third-order valence-corrected chi connectivity index (χ3v) is 3.84. The highest BCUT2D eigenvalue weighted by atomic mass is 127. The van der Waals surface area contributed by atoms with E-state index in [9.17, 15) is 0 Å². The van der Waals surface area contributed by atoms with Crippen molar-refractivity contribution >= 4 is 41.5 Å². The number of halogens is 2. The van der Waals surface area contributed by atoms with Gasteiger partial charge in [0.25, 0.3) is 0 Å². The molecule has 0 aliphatic heterocycles. The highest BCUT2D eigenvalue weighted by molar-refractivity contribution is 14.0. The van der Waals surface area contributed by atoms with Crippen LogP contribution in [-0.2, 0) is 17.8 Å². The van der Waals surface area contributed by atoms with Crippen LogP contribution in [0.1, 0.15) is 18.1 Å². The summed E-state index contributed by atoms with van der Waals surface area (Å²) in [5.41, 5.74) is 2.23. The van der Waals surface area contributed by atoms with Gasteiger partial charge in [-0.05, 0) is 42.3 Å². The van der Waals surface area contributed by atoms with Crippen molar-refractivity contribution in [3.63, 3.8) is 0 Å². The summed E-state index contributed by atoms with van der Waals surface area (Å²) in [5.74, 6) is 1.60. The van der Waals surface area contributed by atoms with E-state index in [1.54, 1.807) is 7.11 Å². The molecule has 2 rings (SSSR count). The molecule has 2 aromatic rings. The molecule has 0 spiro atoms. The number of benzene rings is 2. The van der Waals surface area contributed by atoms with Gasteiger partial charge in [0, 0.05) is 25.2 Å². The molecule has 0 unspecified atom stereocenters. The first-order valence-electron chi connectivity index (χ1n) is 8.68. The topological polar surface area (TPSA) is 54.9 Å². The molecule has 0 saturated carbocycles. The molecule has 2 N–H and O–H groups in total. The van der Waals surface area contributed by atoms with E-state index in [0.29, 0.717) is 26.3 Å². The number of guanidine groups is 1. The van der Waals surface area contributed by atoms with E-state index in [0.717, 1.165) is 34.4 Å². The standard InChI is InChI=1S/C20H26ClN3O2.HI/c1-3-22-20(23-14-16-7-9-18(21)10-8-16)24-15-17-5-4-6-19(13-17)26-12-11-25-2;/h4-10,13H,3,11-12,14-15H2,1-2H3,(H2,22,23,24);1H. The number of ether oxygens (including phenoxy) is 2. The lowest BCUT2D eigenvalue weighted by Crippen LogP contribution is -2.36. The van der Waals surface area contributed by atoms with Crippen molar-refractivity contribution in [2.75, 3.05) is 26.9 Å². The maximum Gasteiger partial charge on any atom is 0.191 e. The molecule has 0 atom stereocenters. The molecule has 0 aliphatic rings. The Bertz CT molecular complexity index is 696. The minimum absolute atomic E-state index is 0. The smallest absolute Gasteiger partial charge is 0.191 e. The van der Waals surface area contributed by atoms with Gasteiger partial charge in [-0.25, -0.2) is 4.99 Å². The molecule has 148 valence electrons. The Balaban J connectivity index is 0.00000364. The van der Waals surface area contributed by atoms with E-state index < -0.39 is 0 Å². The second-order valence-corrected chi connectivity index (χ2v) is 6.10. The molecule has 0 amide bonds. The summed E-state index contributed by atoms with van der Waals surface area (Å²) < 4.78 is 10.6. The minimum Gasteiger partial charge on any atom is -0.491 e. The van der Waals surface area contributed by atoms with E-state index in [1.165, 1.54) is 0 Å². The summed E-state index contributed by atoms with van der Waals surface area (Å²) in [6.45, 7) is 5.20. The number of hydrogen-bond donors (Lipinski definition) is 2. The summed E-state index contributed by atoms with van der Waals surface area (Å²) in [4.78, 5) is 4.64. The van der Waals surface area contributed by atoms with Crippen molar-refractivity contribution in [3.8, 4) is 5.75 Å². The first-order valence-corrected chi connectivity index (χ1v) is 9.06. The zero-order valence-corrected chi connectivity index (χ0v) is 18.8. The average molecular weight is 504 g/mol. The van der Waals surface area contributed by atoms with Crippen LogP contribution in [0.25, 0.3) is 0 Å². The van der Waals surface area contributed by atoms with Gasteiger partial charge in [0.05, 0.1) is 13.2 Å². The number of methoxy groups -OCH3 is 1. The molecular formula is C20H27ClIN3O2. The van der Waals surface area contributed by atoms with Crippen molar-refractivity contribution < 1.29 is 9.47 Å². The van der Waals surface area contributed by atoms with Crippen molar-refractivity contribution in [3.05, 3.63) is 64.7 Å². The molecule has 2 aromatic carbocycles. The predicted octanol–water partition coefficient (Wildman–Crippen LogP) is 4.24. The minimum atomic E-state index is 0. The summed E-state index contributed by atoms with van der Waals surface area (Å²) in [6.07, 6.45) is 0. The second kappa shape index (κ2) is 13.6. The number of nitrogens with one attached hydrogen (secondary N) is 2. The van der Waals surface area contributed by atoms with Crippen LogP contribution in [0.2, 0.25) is 5.02 Å². The van der Waals surface area contributed by atoms with Gasteiger partial charge in [-0.3, -0.25) is 0 Å². The lowest BCUT2D eigenvalue weighted by atomic mass is 10.2. The van der Waals surface area contributed by atoms with Crippen molar-refractivity contribution in [2.24, 2.45) is 4.99 Å². The highest BCUT2D eigenvalue weighted by Gasteiger charge is 2.01. The number of aliphatic imine (C=N–C) groups is 1. The van der Waals surface area contributed by atoms with E-state index >= 15 is 0 Å². The predicted molar refractivity (Wildman–Crippen MR) is 122 cm³/mol. The second-order valence-electron chi connectivity index (χ2n) is 5.66. The van der Waals surface area contributed by atoms with E-state index in [1.807, 2.05) is 55.5 Å². The SMILES string of the molecule is CCNC(=NCc1cccc(OCCOC)c1)NCc1ccc(Cl)cc1.I. The molecule has 0 heterocycles. The van der Waals surface area contributed by atoms with Crippen LogP contribution in [-0.4, -0.2) is 32.8 Å². The third kappa shape index (κ3) is 9.30. The molecule has 0 aliphatic carbocycles. The Morgan fingerprint density at radius 1 is 1.04 bits per heavy atom. The normalized spacial score (nSPS) is 10.9. The number of nitrogens with zero attached hydrogens (tertiary/aromatic N) is 1. The fourth-order valence-electron chi connectivity index (χ4n) is 2.28. The molecule has 0 aromatic heterocycles. The Kier molecular flexibility index (Phi) is 11.9. The third-order valence-electron chi connectivity index (χ3n) is 3.59. The quantitative estimate of drug-likeness (QED) is 0.233. The average Bonchev–Trinajstić information content (AvgIpc) is 2.66. The molecule has 5 nitrogen and oxygen atoms in total. The number of rotatable bonds is 9. The Morgan fingerprint density at radius 3 is 2.52 bits per heavy atom. The van der Waals surface area contributed by atoms with Gasteiger partial charge in [-0.15, -0.1) is 24.0 Å². The fraction of sp³-hybridized carbons (Fsp3) is 0.350. The molecule has 0 radical (unpaired) electrons. The Morgan fingerprint density at radius 2 is 1.81 bits per heavy atom. The van der Waals surface area contributed by atoms with E-state index in [4.69, 9.17) is 21.1 Å². The lowest BCUT2D eigenvalue weighted by Gasteiger charge is -2.12. The summed E-state index contributed by atoms with van der Waals surface area (Å²) in [5, 5.41) is 7.33. The van der Waals surface area contributed by atoms with Crippen molar-refractivity contribution in [1.29, 1.82) is 0 Å². The van der Waals surface area contributed by atoms with Crippen molar-refractivity contribution in [1.82, 2.24) is 10.6 Å². The first-order chi connectivity index (χ1) is 12.7. The molecule has 7 heteroatoms. The number of hydrogen-bond acceptors (Lipinski definition) is 3. The van der Waals surface area contributed by atoms with Crippen LogP contribution in [0.4, 0.5) is 0 Å². The monoisotopic (exact) mass is 503 g/mol. The van der Waals surface area contributed by atoms with Crippen LogP contribution in [0, 0.1) is 0 Å². The van der Waals surface area contributed by atoms with Crippen LogP contribution >= 0.6 is 35.6 Å². The zero-order chi connectivity index (χ0) is 18.6. The zero-order valence-electron chi connectivity index (χ0n) is 15.7. The van der Waals surface area contributed by atoms with Gasteiger partial charge in [0.15, 0.2) is 5.96 Å². The molecule has 27 heavy (non-hydrogen) atoms. The first kappa shape index (κ1) is 23.5.